The highest BCUT2D eigenvalue weighted by molar-refractivity contribution is 7.22. The van der Waals surface area contributed by atoms with Crippen LogP contribution in [-0.2, 0) is 9.53 Å². The van der Waals surface area contributed by atoms with Crippen molar-refractivity contribution in [2.24, 2.45) is 0 Å². The fourth-order valence-corrected chi connectivity index (χ4v) is 3.44. The fourth-order valence-electron chi connectivity index (χ4n) is 2.39. The molecule has 0 unspecified atom stereocenters. The summed E-state index contributed by atoms with van der Waals surface area (Å²) in [5.74, 6) is 0.462. The number of amides is 1. The highest BCUT2D eigenvalue weighted by Crippen LogP contribution is 2.30. The van der Waals surface area contributed by atoms with Gasteiger partial charge in [-0.1, -0.05) is 11.3 Å². The van der Waals surface area contributed by atoms with Gasteiger partial charge in [-0.2, -0.15) is 0 Å². The van der Waals surface area contributed by atoms with Crippen LogP contribution in [0.1, 0.15) is 12.8 Å². The third-order valence-electron chi connectivity index (χ3n) is 3.53. The molecule has 1 N–H and O–H groups in total. The number of nitrogens with zero attached hydrogens (tertiary/aromatic N) is 2. The lowest BCUT2D eigenvalue weighted by Gasteiger charge is -2.28. The quantitative estimate of drug-likeness (QED) is 0.850. The Hall–Kier alpha value is -1.37. The summed E-state index contributed by atoms with van der Waals surface area (Å²) >= 11 is 7.10. The Morgan fingerprint density at radius 3 is 3.00 bits per heavy atom. The summed E-state index contributed by atoms with van der Waals surface area (Å²) in [4.78, 5) is 18.5. The van der Waals surface area contributed by atoms with Gasteiger partial charge < -0.3 is 15.0 Å². The summed E-state index contributed by atoms with van der Waals surface area (Å²) in [5, 5.41) is 3.49. The number of hydrogen-bond acceptors (Lipinski definition) is 5. The van der Waals surface area contributed by atoms with Gasteiger partial charge in [0, 0.05) is 31.1 Å². The van der Waals surface area contributed by atoms with E-state index in [-0.39, 0.29) is 5.91 Å². The minimum Gasteiger partial charge on any atom is -0.378 e. The number of nitrogens with one attached hydrogen (secondary N) is 1. The maximum absolute atomic E-state index is 11.7. The maximum Gasteiger partial charge on any atom is 0.226 e. The van der Waals surface area contributed by atoms with E-state index in [1.807, 2.05) is 6.07 Å². The first kappa shape index (κ1) is 15.5. The zero-order valence-corrected chi connectivity index (χ0v) is 13.8. The molecule has 0 saturated carbocycles. The van der Waals surface area contributed by atoms with Crippen LogP contribution in [0.3, 0.4) is 0 Å². The number of benzene rings is 1. The zero-order chi connectivity index (χ0) is 15.4. The normalized spacial score (nSPS) is 15.2. The molecule has 1 saturated heterocycles. The van der Waals surface area contributed by atoms with E-state index >= 15 is 0 Å². The van der Waals surface area contributed by atoms with E-state index in [1.165, 1.54) is 17.0 Å². The van der Waals surface area contributed by atoms with Gasteiger partial charge in [0.15, 0.2) is 5.13 Å². The molecule has 0 atom stereocenters. The standard InChI is InChI=1S/C15H18ClN3O2S/c16-5-1-2-14(20)18-15-17-12-4-3-11(10-13(12)22-15)19-6-8-21-9-7-19/h3-4,10H,1-2,5-9H2,(H,17,18,20). The van der Waals surface area contributed by atoms with Gasteiger partial charge in [-0.15, -0.1) is 11.6 Å². The molecule has 3 rings (SSSR count). The number of ether oxygens (including phenoxy) is 1. The highest BCUT2D eigenvalue weighted by Gasteiger charge is 2.13. The molecule has 0 bridgehead atoms. The van der Waals surface area contributed by atoms with Crippen LogP contribution in [0.15, 0.2) is 18.2 Å². The smallest absolute Gasteiger partial charge is 0.226 e. The minimum atomic E-state index is -0.0342. The number of alkyl halides is 1. The van der Waals surface area contributed by atoms with Crippen LogP contribution in [0.5, 0.6) is 0 Å². The molecule has 2 aromatic rings. The second-order valence-electron chi connectivity index (χ2n) is 5.11. The van der Waals surface area contributed by atoms with Crippen LogP contribution in [0, 0.1) is 0 Å². The van der Waals surface area contributed by atoms with Gasteiger partial charge in [0.05, 0.1) is 23.4 Å². The van der Waals surface area contributed by atoms with E-state index in [1.54, 1.807) is 0 Å². The molecule has 1 aromatic carbocycles. The van der Waals surface area contributed by atoms with E-state index in [2.05, 4.69) is 27.3 Å². The fraction of sp³-hybridized carbons (Fsp3) is 0.467. The average Bonchev–Trinajstić information content (AvgIpc) is 2.95. The topological polar surface area (TPSA) is 54.5 Å². The van der Waals surface area contributed by atoms with Crippen molar-refractivity contribution >= 4 is 49.9 Å². The minimum absolute atomic E-state index is 0.0342. The molecule has 5 nitrogen and oxygen atoms in total. The zero-order valence-electron chi connectivity index (χ0n) is 12.2. The summed E-state index contributed by atoms with van der Waals surface area (Å²) in [6.07, 6.45) is 1.11. The molecule has 2 heterocycles. The lowest BCUT2D eigenvalue weighted by atomic mass is 10.2. The number of hydrogen-bond donors (Lipinski definition) is 1. The predicted octanol–water partition coefficient (Wildman–Crippen LogP) is 3.09. The molecule has 1 amide bonds. The summed E-state index contributed by atoms with van der Waals surface area (Å²) < 4.78 is 6.46. The summed E-state index contributed by atoms with van der Waals surface area (Å²) in [6, 6.07) is 6.21. The Morgan fingerprint density at radius 2 is 2.23 bits per heavy atom. The molecule has 118 valence electrons. The highest BCUT2D eigenvalue weighted by atomic mass is 35.5. The number of carbonyl (C=O) groups is 1. The van der Waals surface area contributed by atoms with Crippen molar-refractivity contribution < 1.29 is 9.53 Å². The van der Waals surface area contributed by atoms with Crippen LogP contribution < -0.4 is 10.2 Å². The van der Waals surface area contributed by atoms with E-state index in [4.69, 9.17) is 16.3 Å². The monoisotopic (exact) mass is 339 g/mol. The van der Waals surface area contributed by atoms with Gasteiger partial charge in [0.2, 0.25) is 5.91 Å². The lowest BCUT2D eigenvalue weighted by Crippen LogP contribution is -2.36. The van der Waals surface area contributed by atoms with Gasteiger partial charge >= 0.3 is 0 Å². The Bertz CT molecular complexity index is 655. The molecule has 7 heteroatoms. The van der Waals surface area contributed by atoms with Crippen molar-refractivity contribution in [2.45, 2.75) is 12.8 Å². The van der Waals surface area contributed by atoms with Crippen molar-refractivity contribution in [3.05, 3.63) is 18.2 Å². The molecule has 1 aliphatic heterocycles. The van der Waals surface area contributed by atoms with E-state index < -0.39 is 0 Å². The molecule has 0 spiro atoms. The molecule has 1 aliphatic rings. The molecule has 0 aliphatic carbocycles. The van der Waals surface area contributed by atoms with Crippen LogP contribution in [0.4, 0.5) is 10.8 Å². The third kappa shape index (κ3) is 3.69. The number of morpholine rings is 1. The predicted molar refractivity (Wildman–Crippen MR) is 91.2 cm³/mol. The Kier molecular flexibility index (Phi) is 5.12. The first-order valence-corrected chi connectivity index (χ1v) is 8.70. The summed E-state index contributed by atoms with van der Waals surface area (Å²) in [7, 11) is 0. The number of carbonyl (C=O) groups excluding carboxylic acids is 1. The molecule has 1 fully saturated rings. The average molecular weight is 340 g/mol. The number of rotatable bonds is 5. The molecule has 0 radical (unpaired) electrons. The van der Waals surface area contributed by atoms with Crippen molar-refractivity contribution in [3.63, 3.8) is 0 Å². The van der Waals surface area contributed by atoms with Crippen molar-refractivity contribution in [3.8, 4) is 0 Å². The largest absolute Gasteiger partial charge is 0.378 e. The Morgan fingerprint density at radius 1 is 1.41 bits per heavy atom. The van der Waals surface area contributed by atoms with Crippen molar-refractivity contribution in [1.82, 2.24) is 4.98 Å². The van der Waals surface area contributed by atoms with Crippen molar-refractivity contribution in [2.75, 3.05) is 42.4 Å². The number of halogens is 1. The number of aromatic nitrogens is 1. The van der Waals surface area contributed by atoms with Gasteiger partial charge in [0.1, 0.15) is 0 Å². The van der Waals surface area contributed by atoms with Crippen LogP contribution in [0.2, 0.25) is 0 Å². The molecule has 1 aromatic heterocycles. The third-order valence-corrected chi connectivity index (χ3v) is 4.73. The van der Waals surface area contributed by atoms with Gasteiger partial charge in [-0.05, 0) is 24.6 Å². The summed E-state index contributed by atoms with van der Waals surface area (Å²) in [6.45, 7) is 3.35. The SMILES string of the molecule is O=C(CCCCl)Nc1nc2ccc(N3CCOCC3)cc2s1. The number of anilines is 2. The van der Waals surface area contributed by atoms with Gasteiger partial charge in [-0.25, -0.2) is 4.98 Å². The lowest BCUT2D eigenvalue weighted by molar-refractivity contribution is -0.116. The van der Waals surface area contributed by atoms with Gasteiger partial charge in [-0.3, -0.25) is 4.79 Å². The van der Waals surface area contributed by atoms with Crippen LogP contribution in [0.25, 0.3) is 10.2 Å². The second kappa shape index (κ2) is 7.26. The molecular formula is C15H18ClN3O2S. The first-order valence-electron chi connectivity index (χ1n) is 7.35. The van der Waals surface area contributed by atoms with Crippen LogP contribution in [-0.4, -0.2) is 43.1 Å². The van der Waals surface area contributed by atoms with E-state index in [0.29, 0.717) is 23.9 Å². The van der Waals surface area contributed by atoms with E-state index in [9.17, 15) is 4.79 Å². The Balaban J connectivity index is 1.73. The molecule has 22 heavy (non-hydrogen) atoms. The summed E-state index contributed by atoms with van der Waals surface area (Å²) in [5.41, 5.74) is 2.09. The van der Waals surface area contributed by atoms with Gasteiger partial charge in [0.25, 0.3) is 0 Å². The first-order chi connectivity index (χ1) is 10.8. The number of fused-ring (bicyclic) bond motifs is 1. The van der Waals surface area contributed by atoms with E-state index in [0.717, 1.165) is 36.5 Å². The molecular weight excluding hydrogens is 322 g/mol. The second-order valence-corrected chi connectivity index (χ2v) is 6.52. The Labute approximate surface area is 138 Å². The van der Waals surface area contributed by atoms with Crippen molar-refractivity contribution in [1.29, 1.82) is 0 Å². The number of thiazole rings is 1. The van der Waals surface area contributed by atoms with Crippen LogP contribution >= 0.6 is 22.9 Å². The maximum atomic E-state index is 11.7.